The molecule has 96 valence electrons. The van der Waals surface area contributed by atoms with Gasteiger partial charge < -0.3 is 14.9 Å². The Kier molecular flexibility index (Phi) is 7.59. The number of methoxy groups -OCH3 is 1. The fourth-order valence-corrected chi connectivity index (χ4v) is 1.27. The molecule has 0 amide bonds. The summed E-state index contributed by atoms with van der Waals surface area (Å²) in [5.41, 5.74) is 0. The topological polar surface area (TPSA) is 66.8 Å². The summed E-state index contributed by atoms with van der Waals surface area (Å²) in [4.78, 5) is 10.2. The predicted molar refractivity (Wildman–Crippen MR) is 66.4 cm³/mol. The Balaban J connectivity index is 0.000000304. The molecule has 1 aromatic rings. The van der Waals surface area contributed by atoms with Crippen molar-refractivity contribution in [3.8, 4) is 11.5 Å². The zero-order chi connectivity index (χ0) is 13.3. The summed E-state index contributed by atoms with van der Waals surface area (Å²) in [6.07, 6.45) is 1.48. The number of phenolic OH excluding ortho intramolecular Hbond substituents is 1. The van der Waals surface area contributed by atoms with Crippen LogP contribution in [0.5, 0.6) is 11.5 Å². The minimum absolute atomic E-state index is 0.130. The van der Waals surface area contributed by atoms with Crippen LogP contribution in [0.1, 0.15) is 26.7 Å². The minimum atomic E-state index is -0.671. The highest BCUT2D eigenvalue weighted by atomic mass is 16.5. The first-order valence-electron chi connectivity index (χ1n) is 5.61. The number of rotatable bonds is 4. The Hall–Kier alpha value is -1.71. The molecule has 0 aliphatic rings. The molecular weight excluding hydrogens is 220 g/mol. The van der Waals surface area contributed by atoms with E-state index in [1.54, 1.807) is 24.3 Å². The van der Waals surface area contributed by atoms with Crippen LogP contribution in [0.15, 0.2) is 24.3 Å². The molecule has 0 aromatic heterocycles. The van der Waals surface area contributed by atoms with Crippen LogP contribution in [0.4, 0.5) is 0 Å². The lowest BCUT2D eigenvalue weighted by atomic mass is 10.1. The smallest absolute Gasteiger partial charge is 0.306 e. The third kappa shape index (κ3) is 5.80. The SMILES string of the molecule is CCC(CC)C(=O)O.COc1ccccc1O. The first kappa shape index (κ1) is 15.3. The van der Waals surface area contributed by atoms with E-state index in [9.17, 15) is 4.79 Å². The van der Waals surface area contributed by atoms with Gasteiger partial charge in [-0.25, -0.2) is 0 Å². The van der Waals surface area contributed by atoms with E-state index in [1.807, 2.05) is 13.8 Å². The molecule has 0 unspecified atom stereocenters. The fourth-order valence-electron chi connectivity index (χ4n) is 1.27. The van der Waals surface area contributed by atoms with Gasteiger partial charge in [-0.15, -0.1) is 0 Å². The van der Waals surface area contributed by atoms with Gasteiger partial charge in [0.25, 0.3) is 0 Å². The number of carbonyl (C=O) groups is 1. The lowest BCUT2D eigenvalue weighted by Crippen LogP contribution is -2.10. The highest BCUT2D eigenvalue weighted by Crippen LogP contribution is 2.22. The normalized spacial score (nSPS) is 9.41. The molecule has 2 N–H and O–H groups in total. The van der Waals surface area contributed by atoms with Crippen molar-refractivity contribution < 1.29 is 19.7 Å². The highest BCUT2D eigenvalue weighted by molar-refractivity contribution is 5.69. The first-order valence-corrected chi connectivity index (χ1v) is 5.61. The van der Waals surface area contributed by atoms with Crippen LogP contribution in [0.3, 0.4) is 0 Å². The summed E-state index contributed by atoms with van der Waals surface area (Å²) in [6, 6.07) is 6.84. The second-order valence-electron chi connectivity index (χ2n) is 3.52. The molecule has 0 bridgehead atoms. The quantitative estimate of drug-likeness (QED) is 0.849. The van der Waals surface area contributed by atoms with Gasteiger partial charge >= 0.3 is 5.97 Å². The molecule has 0 radical (unpaired) electrons. The van der Waals surface area contributed by atoms with Gasteiger partial charge in [0, 0.05) is 0 Å². The van der Waals surface area contributed by atoms with Crippen molar-refractivity contribution in [1.29, 1.82) is 0 Å². The monoisotopic (exact) mass is 240 g/mol. The Morgan fingerprint density at radius 2 is 1.82 bits per heavy atom. The molecule has 4 heteroatoms. The highest BCUT2D eigenvalue weighted by Gasteiger charge is 2.10. The van der Waals surface area contributed by atoms with E-state index in [4.69, 9.17) is 14.9 Å². The number of hydrogen-bond acceptors (Lipinski definition) is 3. The minimum Gasteiger partial charge on any atom is -0.504 e. The molecule has 17 heavy (non-hydrogen) atoms. The number of ether oxygens (including phenoxy) is 1. The van der Waals surface area contributed by atoms with E-state index < -0.39 is 5.97 Å². The average molecular weight is 240 g/mol. The number of hydrogen-bond donors (Lipinski definition) is 2. The maximum Gasteiger partial charge on any atom is 0.306 e. The third-order valence-corrected chi connectivity index (χ3v) is 2.42. The summed E-state index contributed by atoms with van der Waals surface area (Å²) in [5.74, 6) is -0.109. The number of aliphatic carboxylic acids is 1. The van der Waals surface area contributed by atoms with E-state index in [1.165, 1.54) is 7.11 Å². The second kappa shape index (κ2) is 8.44. The van der Waals surface area contributed by atoms with E-state index >= 15 is 0 Å². The summed E-state index contributed by atoms with van der Waals surface area (Å²) in [7, 11) is 1.52. The zero-order valence-corrected chi connectivity index (χ0v) is 10.5. The van der Waals surface area contributed by atoms with Crippen molar-refractivity contribution >= 4 is 5.97 Å². The molecule has 0 aliphatic heterocycles. The van der Waals surface area contributed by atoms with Crippen LogP contribution in [-0.4, -0.2) is 23.3 Å². The predicted octanol–water partition coefficient (Wildman–Crippen LogP) is 2.91. The van der Waals surface area contributed by atoms with Crippen LogP contribution in [-0.2, 0) is 4.79 Å². The molecule has 0 fully saturated rings. The number of para-hydroxylation sites is 2. The van der Waals surface area contributed by atoms with Gasteiger partial charge in [0.05, 0.1) is 13.0 Å². The van der Waals surface area contributed by atoms with Crippen LogP contribution in [0.2, 0.25) is 0 Å². The van der Waals surface area contributed by atoms with E-state index in [0.29, 0.717) is 5.75 Å². The number of aromatic hydroxyl groups is 1. The van der Waals surface area contributed by atoms with Crippen molar-refractivity contribution in [2.24, 2.45) is 5.92 Å². The van der Waals surface area contributed by atoms with E-state index in [0.717, 1.165) is 12.8 Å². The third-order valence-electron chi connectivity index (χ3n) is 2.42. The summed E-state index contributed by atoms with van der Waals surface area (Å²) in [6.45, 7) is 3.78. The molecule has 0 heterocycles. The molecule has 0 spiro atoms. The molecule has 0 saturated carbocycles. The Labute approximate surface area is 102 Å². The number of phenols is 1. The molecule has 4 nitrogen and oxygen atoms in total. The lowest BCUT2D eigenvalue weighted by Gasteiger charge is -2.02. The second-order valence-corrected chi connectivity index (χ2v) is 3.52. The number of benzene rings is 1. The first-order chi connectivity index (χ1) is 8.06. The van der Waals surface area contributed by atoms with Gasteiger partial charge in [-0.1, -0.05) is 26.0 Å². The Bertz CT molecular complexity index is 332. The van der Waals surface area contributed by atoms with Crippen LogP contribution in [0.25, 0.3) is 0 Å². The van der Waals surface area contributed by atoms with E-state index in [2.05, 4.69) is 0 Å². The number of carboxylic acid groups (broad SMARTS) is 1. The fraction of sp³-hybridized carbons (Fsp3) is 0.462. The van der Waals surface area contributed by atoms with Crippen LogP contribution < -0.4 is 4.74 Å². The number of carboxylic acids is 1. The van der Waals surface area contributed by atoms with Gasteiger partial charge in [0.2, 0.25) is 0 Å². The standard InChI is InChI=1S/C7H8O2.C6H12O2/c1-9-7-5-3-2-4-6(7)8;1-3-5(4-2)6(7)8/h2-5,8H,1H3;5H,3-4H2,1-2H3,(H,7,8). The van der Waals surface area contributed by atoms with E-state index in [-0.39, 0.29) is 11.7 Å². The van der Waals surface area contributed by atoms with Gasteiger partial charge in [-0.2, -0.15) is 0 Å². The molecule has 0 atom stereocenters. The maximum atomic E-state index is 10.2. The summed E-state index contributed by atoms with van der Waals surface area (Å²) in [5, 5.41) is 17.4. The molecular formula is C13H20O4. The molecule has 0 aliphatic carbocycles. The van der Waals surface area contributed by atoms with Crippen molar-refractivity contribution in [3.05, 3.63) is 24.3 Å². The van der Waals surface area contributed by atoms with Crippen molar-refractivity contribution in [3.63, 3.8) is 0 Å². The maximum absolute atomic E-state index is 10.2. The van der Waals surface area contributed by atoms with Crippen LogP contribution in [0, 0.1) is 5.92 Å². The van der Waals surface area contributed by atoms with Crippen molar-refractivity contribution in [2.75, 3.05) is 7.11 Å². The summed E-state index contributed by atoms with van der Waals surface area (Å²) >= 11 is 0. The van der Waals surface area contributed by atoms with Crippen molar-refractivity contribution in [1.82, 2.24) is 0 Å². The zero-order valence-electron chi connectivity index (χ0n) is 10.5. The van der Waals surface area contributed by atoms with Crippen molar-refractivity contribution in [2.45, 2.75) is 26.7 Å². The molecule has 0 saturated heterocycles. The van der Waals surface area contributed by atoms with Crippen LogP contribution >= 0.6 is 0 Å². The van der Waals surface area contributed by atoms with Gasteiger partial charge in [-0.05, 0) is 25.0 Å². The largest absolute Gasteiger partial charge is 0.504 e. The van der Waals surface area contributed by atoms with Gasteiger partial charge in [0.1, 0.15) is 0 Å². The Morgan fingerprint density at radius 1 is 1.29 bits per heavy atom. The Morgan fingerprint density at radius 3 is 2.06 bits per heavy atom. The molecule has 1 aromatic carbocycles. The molecule has 1 rings (SSSR count). The lowest BCUT2D eigenvalue weighted by molar-refractivity contribution is -0.141. The van der Waals surface area contributed by atoms with Gasteiger partial charge in [-0.3, -0.25) is 4.79 Å². The average Bonchev–Trinajstić information content (AvgIpc) is 2.31. The summed E-state index contributed by atoms with van der Waals surface area (Å²) < 4.78 is 4.79. The van der Waals surface area contributed by atoms with Gasteiger partial charge in [0.15, 0.2) is 11.5 Å².